The minimum atomic E-state index is 0. The van der Waals surface area contributed by atoms with Gasteiger partial charge in [0.25, 0.3) is 5.91 Å². The summed E-state index contributed by atoms with van der Waals surface area (Å²) in [6.07, 6.45) is 2.21. The van der Waals surface area contributed by atoms with Gasteiger partial charge in [0.1, 0.15) is 0 Å². The number of thiophene rings is 1. The number of rotatable bonds is 2. The summed E-state index contributed by atoms with van der Waals surface area (Å²) in [6, 6.07) is 2.14. The normalized spacial score (nSPS) is 19.9. The summed E-state index contributed by atoms with van der Waals surface area (Å²) < 4.78 is 0.972. The van der Waals surface area contributed by atoms with E-state index >= 15 is 0 Å². The van der Waals surface area contributed by atoms with Crippen molar-refractivity contribution < 1.29 is 4.79 Å². The van der Waals surface area contributed by atoms with Gasteiger partial charge in [0.15, 0.2) is 0 Å². The molecule has 1 aliphatic heterocycles. The molecular formula is C10H14BrClN2OS. The molecule has 0 bridgehead atoms. The molecule has 2 N–H and O–H groups in total. The maximum absolute atomic E-state index is 11.8. The Morgan fingerprint density at radius 1 is 1.62 bits per heavy atom. The van der Waals surface area contributed by atoms with Crippen LogP contribution in [0.25, 0.3) is 0 Å². The summed E-state index contributed by atoms with van der Waals surface area (Å²) in [7, 11) is 0. The fraction of sp³-hybridized carbons (Fsp3) is 0.500. The van der Waals surface area contributed by atoms with E-state index in [0.717, 1.165) is 35.3 Å². The molecule has 0 unspecified atom stereocenters. The van der Waals surface area contributed by atoms with Crippen molar-refractivity contribution in [1.82, 2.24) is 10.6 Å². The average molecular weight is 326 g/mol. The Bertz CT molecular complexity index is 352. The lowest BCUT2D eigenvalue weighted by Crippen LogP contribution is -2.45. The highest BCUT2D eigenvalue weighted by atomic mass is 79.9. The molecule has 0 aromatic carbocycles. The summed E-state index contributed by atoms with van der Waals surface area (Å²) in [5.41, 5.74) is 0. The Labute approximate surface area is 114 Å². The zero-order chi connectivity index (χ0) is 10.7. The number of nitrogens with one attached hydrogen (secondary N) is 2. The minimum absolute atomic E-state index is 0. The van der Waals surface area contributed by atoms with Crippen LogP contribution in [0.4, 0.5) is 0 Å². The molecule has 1 amide bonds. The number of hydrogen-bond acceptors (Lipinski definition) is 3. The van der Waals surface area contributed by atoms with Crippen molar-refractivity contribution in [2.45, 2.75) is 18.9 Å². The van der Waals surface area contributed by atoms with Crippen LogP contribution in [0, 0.1) is 0 Å². The Morgan fingerprint density at radius 2 is 2.44 bits per heavy atom. The van der Waals surface area contributed by atoms with Gasteiger partial charge in [-0.25, -0.2) is 0 Å². The summed E-state index contributed by atoms with van der Waals surface area (Å²) >= 11 is 4.81. The smallest absolute Gasteiger partial charge is 0.261 e. The molecule has 16 heavy (non-hydrogen) atoms. The zero-order valence-electron chi connectivity index (χ0n) is 8.66. The average Bonchev–Trinajstić information content (AvgIpc) is 2.66. The van der Waals surface area contributed by atoms with Gasteiger partial charge in [-0.15, -0.1) is 23.7 Å². The molecule has 0 spiro atoms. The number of piperidine rings is 1. The van der Waals surface area contributed by atoms with Crippen molar-refractivity contribution in [2.24, 2.45) is 0 Å². The lowest BCUT2D eigenvalue weighted by atomic mass is 10.1. The first-order valence-corrected chi connectivity index (χ1v) is 6.68. The number of amides is 1. The quantitative estimate of drug-likeness (QED) is 0.877. The van der Waals surface area contributed by atoms with Gasteiger partial charge in [-0.2, -0.15) is 0 Å². The largest absolute Gasteiger partial charge is 0.347 e. The Balaban J connectivity index is 0.00000128. The maximum Gasteiger partial charge on any atom is 0.261 e. The predicted molar refractivity (Wildman–Crippen MR) is 72.6 cm³/mol. The first-order chi connectivity index (χ1) is 7.25. The van der Waals surface area contributed by atoms with Gasteiger partial charge in [-0.3, -0.25) is 4.79 Å². The van der Waals surface area contributed by atoms with Gasteiger partial charge < -0.3 is 10.6 Å². The fourth-order valence-electron chi connectivity index (χ4n) is 1.66. The van der Waals surface area contributed by atoms with Crippen LogP contribution in [0.3, 0.4) is 0 Å². The summed E-state index contributed by atoms with van der Waals surface area (Å²) in [6.45, 7) is 1.95. The highest BCUT2D eigenvalue weighted by Gasteiger charge is 2.16. The molecule has 2 rings (SSSR count). The van der Waals surface area contributed by atoms with Crippen LogP contribution in [0.5, 0.6) is 0 Å². The van der Waals surface area contributed by atoms with Crippen molar-refractivity contribution in [3.8, 4) is 0 Å². The van der Waals surface area contributed by atoms with Gasteiger partial charge in [-0.1, -0.05) is 0 Å². The molecule has 2 heterocycles. The standard InChI is InChI=1S/C10H13BrN2OS.ClH/c11-7-4-9(15-6-7)10(14)13-8-2-1-3-12-5-8;/h4,6,8,12H,1-3,5H2,(H,13,14);1H/t8-;/m1./s1. The summed E-state index contributed by atoms with van der Waals surface area (Å²) in [5, 5.41) is 8.24. The van der Waals surface area contributed by atoms with Crippen LogP contribution < -0.4 is 10.6 Å². The number of carbonyl (C=O) groups is 1. The highest BCUT2D eigenvalue weighted by Crippen LogP contribution is 2.19. The van der Waals surface area contributed by atoms with Crippen molar-refractivity contribution in [1.29, 1.82) is 0 Å². The van der Waals surface area contributed by atoms with Crippen molar-refractivity contribution in [3.05, 3.63) is 20.8 Å². The summed E-state index contributed by atoms with van der Waals surface area (Å²) in [5.74, 6) is 0.0411. The van der Waals surface area contributed by atoms with E-state index in [-0.39, 0.29) is 24.4 Å². The number of halogens is 2. The van der Waals surface area contributed by atoms with E-state index < -0.39 is 0 Å². The molecule has 3 nitrogen and oxygen atoms in total. The van der Waals surface area contributed by atoms with E-state index in [1.165, 1.54) is 11.3 Å². The molecule has 1 aromatic heterocycles. The lowest BCUT2D eigenvalue weighted by molar-refractivity contribution is 0.0935. The van der Waals surface area contributed by atoms with Gasteiger partial charge in [0, 0.05) is 22.4 Å². The minimum Gasteiger partial charge on any atom is -0.347 e. The van der Waals surface area contributed by atoms with E-state index in [4.69, 9.17) is 0 Å². The van der Waals surface area contributed by atoms with Crippen LogP contribution in [0.1, 0.15) is 22.5 Å². The third-order valence-corrected chi connectivity index (χ3v) is 4.11. The van der Waals surface area contributed by atoms with Crippen molar-refractivity contribution >= 4 is 45.6 Å². The second-order valence-electron chi connectivity index (χ2n) is 3.65. The molecule has 1 aromatic rings. The Kier molecular flexibility index (Phi) is 5.75. The molecule has 90 valence electrons. The zero-order valence-corrected chi connectivity index (χ0v) is 11.9. The van der Waals surface area contributed by atoms with Crippen LogP contribution >= 0.6 is 39.7 Å². The van der Waals surface area contributed by atoms with Gasteiger partial charge in [-0.05, 0) is 41.4 Å². The van der Waals surface area contributed by atoms with Crippen molar-refractivity contribution in [2.75, 3.05) is 13.1 Å². The van der Waals surface area contributed by atoms with E-state index in [1.54, 1.807) is 0 Å². The first-order valence-electron chi connectivity index (χ1n) is 5.01. The number of carbonyl (C=O) groups excluding carboxylic acids is 1. The molecule has 1 aliphatic rings. The molecule has 1 saturated heterocycles. The first kappa shape index (κ1) is 14.0. The second kappa shape index (κ2) is 6.59. The van der Waals surface area contributed by atoms with Gasteiger partial charge in [0.2, 0.25) is 0 Å². The third-order valence-electron chi connectivity index (χ3n) is 2.42. The van der Waals surface area contributed by atoms with Crippen LogP contribution in [-0.2, 0) is 0 Å². The van der Waals surface area contributed by atoms with Gasteiger partial charge >= 0.3 is 0 Å². The van der Waals surface area contributed by atoms with Crippen molar-refractivity contribution in [3.63, 3.8) is 0 Å². The van der Waals surface area contributed by atoms with Crippen LogP contribution in [0.15, 0.2) is 15.9 Å². The van der Waals surface area contributed by atoms with Gasteiger partial charge in [0.05, 0.1) is 4.88 Å². The molecule has 0 radical (unpaired) electrons. The van der Waals surface area contributed by atoms with E-state index in [1.807, 2.05) is 11.4 Å². The molecule has 1 atom stereocenters. The fourth-order valence-corrected chi connectivity index (χ4v) is 2.99. The monoisotopic (exact) mass is 324 g/mol. The second-order valence-corrected chi connectivity index (χ2v) is 5.47. The topological polar surface area (TPSA) is 41.1 Å². The van der Waals surface area contributed by atoms with Crippen LogP contribution in [-0.4, -0.2) is 25.0 Å². The molecule has 1 fully saturated rings. The predicted octanol–water partition coefficient (Wildman–Crippen LogP) is 2.41. The van der Waals surface area contributed by atoms with E-state index in [2.05, 4.69) is 26.6 Å². The third kappa shape index (κ3) is 3.73. The molecule has 0 saturated carbocycles. The highest BCUT2D eigenvalue weighted by molar-refractivity contribution is 9.10. The maximum atomic E-state index is 11.8. The van der Waals surface area contributed by atoms with Crippen LogP contribution in [0.2, 0.25) is 0 Å². The SMILES string of the molecule is Cl.O=C(N[C@@H]1CCCNC1)c1cc(Br)cs1. The Hall–Kier alpha value is -0.100. The number of hydrogen-bond donors (Lipinski definition) is 2. The molecule has 6 heteroatoms. The van der Waals surface area contributed by atoms with E-state index in [0.29, 0.717) is 0 Å². The molecule has 0 aliphatic carbocycles. The summed E-state index contributed by atoms with van der Waals surface area (Å²) in [4.78, 5) is 12.5. The molecular weight excluding hydrogens is 312 g/mol. The Morgan fingerprint density at radius 3 is 3.00 bits per heavy atom. The lowest BCUT2D eigenvalue weighted by Gasteiger charge is -2.23. The van der Waals surface area contributed by atoms with E-state index in [9.17, 15) is 4.79 Å².